The van der Waals surface area contributed by atoms with E-state index in [2.05, 4.69) is 58.3 Å². The van der Waals surface area contributed by atoms with Gasteiger partial charge in [0.1, 0.15) is 0 Å². The van der Waals surface area contributed by atoms with Gasteiger partial charge in [-0.1, -0.05) is 36.8 Å². The first-order valence-corrected chi connectivity index (χ1v) is 8.75. The standard InChI is InChI=1S/C19H30N4/c1-3-12-21-19(20-4-2)22-15-17-8-10-18(11-9-17)16-23-13-6-5-7-14-23/h3,8-11H,1,4-7,12-16H2,2H3,(H2,20,21,22). The fraction of sp³-hybridized carbons (Fsp3) is 0.526. The Morgan fingerprint density at radius 2 is 1.83 bits per heavy atom. The summed E-state index contributed by atoms with van der Waals surface area (Å²) in [7, 11) is 0. The van der Waals surface area contributed by atoms with E-state index >= 15 is 0 Å². The molecule has 1 heterocycles. The molecule has 0 radical (unpaired) electrons. The predicted octanol–water partition coefficient (Wildman–Crippen LogP) is 2.91. The van der Waals surface area contributed by atoms with Crippen LogP contribution in [-0.4, -0.2) is 37.0 Å². The van der Waals surface area contributed by atoms with Crippen LogP contribution in [0.4, 0.5) is 0 Å². The summed E-state index contributed by atoms with van der Waals surface area (Å²) in [5, 5.41) is 6.46. The number of rotatable bonds is 7. The van der Waals surface area contributed by atoms with Crippen molar-refractivity contribution in [3.8, 4) is 0 Å². The number of hydrogen-bond acceptors (Lipinski definition) is 2. The molecule has 0 saturated carbocycles. The molecule has 0 spiro atoms. The van der Waals surface area contributed by atoms with E-state index in [0.717, 1.165) is 25.6 Å². The molecule has 0 aromatic heterocycles. The monoisotopic (exact) mass is 314 g/mol. The number of benzene rings is 1. The molecule has 1 aromatic rings. The Kier molecular flexibility index (Phi) is 7.67. The van der Waals surface area contributed by atoms with E-state index in [9.17, 15) is 0 Å². The molecule has 23 heavy (non-hydrogen) atoms. The van der Waals surface area contributed by atoms with Crippen molar-refractivity contribution in [2.24, 2.45) is 4.99 Å². The summed E-state index contributed by atoms with van der Waals surface area (Å²) in [5.74, 6) is 0.838. The molecule has 0 aliphatic carbocycles. The highest BCUT2D eigenvalue weighted by atomic mass is 15.2. The van der Waals surface area contributed by atoms with Crippen LogP contribution in [0.2, 0.25) is 0 Å². The number of aliphatic imine (C=N–C) groups is 1. The minimum absolute atomic E-state index is 0.691. The molecule has 1 fully saturated rings. The van der Waals surface area contributed by atoms with E-state index in [-0.39, 0.29) is 0 Å². The Hall–Kier alpha value is -1.81. The fourth-order valence-electron chi connectivity index (χ4n) is 2.81. The first-order valence-electron chi connectivity index (χ1n) is 8.75. The first-order chi connectivity index (χ1) is 11.3. The van der Waals surface area contributed by atoms with Gasteiger partial charge in [0.25, 0.3) is 0 Å². The summed E-state index contributed by atoms with van der Waals surface area (Å²) in [6.45, 7) is 11.6. The average molecular weight is 314 g/mol. The molecule has 0 atom stereocenters. The average Bonchev–Trinajstić information content (AvgIpc) is 2.59. The molecule has 4 heteroatoms. The maximum Gasteiger partial charge on any atom is 0.191 e. The second-order valence-electron chi connectivity index (χ2n) is 6.02. The number of guanidine groups is 1. The van der Waals surface area contributed by atoms with Crippen LogP contribution in [0.5, 0.6) is 0 Å². The second-order valence-corrected chi connectivity index (χ2v) is 6.02. The molecule has 0 bridgehead atoms. The van der Waals surface area contributed by atoms with Gasteiger partial charge in [-0.15, -0.1) is 6.58 Å². The lowest BCUT2D eigenvalue weighted by Crippen LogP contribution is -2.37. The third-order valence-electron chi connectivity index (χ3n) is 4.06. The van der Waals surface area contributed by atoms with Gasteiger partial charge in [0.2, 0.25) is 0 Å². The van der Waals surface area contributed by atoms with E-state index in [1.165, 1.54) is 43.5 Å². The lowest BCUT2D eigenvalue weighted by Gasteiger charge is -2.26. The molecule has 126 valence electrons. The topological polar surface area (TPSA) is 39.7 Å². The van der Waals surface area contributed by atoms with Gasteiger partial charge in [0.15, 0.2) is 5.96 Å². The minimum Gasteiger partial charge on any atom is -0.357 e. The highest BCUT2D eigenvalue weighted by Gasteiger charge is 2.10. The Morgan fingerprint density at radius 3 is 2.48 bits per heavy atom. The Bertz CT molecular complexity index is 487. The molecule has 0 unspecified atom stereocenters. The van der Waals surface area contributed by atoms with Crippen molar-refractivity contribution >= 4 is 5.96 Å². The second kappa shape index (κ2) is 10.1. The summed E-state index contributed by atoms with van der Waals surface area (Å²) in [4.78, 5) is 7.16. The van der Waals surface area contributed by atoms with Crippen LogP contribution in [0, 0.1) is 0 Å². The maximum atomic E-state index is 4.60. The molecule has 2 N–H and O–H groups in total. The maximum absolute atomic E-state index is 4.60. The third-order valence-corrected chi connectivity index (χ3v) is 4.06. The molecule has 1 aromatic carbocycles. The van der Waals surface area contributed by atoms with Gasteiger partial charge in [0, 0.05) is 19.6 Å². The van der Waals surface area contributed by atoms with Gasteiger partial charge in [0.05, 0.1) is 6.54 Å². The molecular weight excluding hydrogens is 284 g/mol. The highest BCUT2D eigenvalue weighted by molar-refractivity contribution is 5.79. The number of likely N-dealkylation sites (tertiary alicyclic amines) is 1. The zero-order valence-corrected chi connectivity index (χ0v) is 14.4. The predicted molar refractivity (Wildman–Crippen MR) is 98.6 cm³/mol. The number of nitrogens with one attached hydrogen (secondary N) is 2. The number of hydrogen-bond donors (Lipinski definition) is 2. The molecule has 1 aliphatic rings. The van der Waals surface area contributed by atoms with Crippen LogP contribution in [-0.2, 0) is 13.1 Å². The van der Waals surface area contributed by atoms with Gasteiger partial charge in [-0.25, -0.2) is 4.99 Å². The van der Waals surface area contributed by atoms with Crippen LogP contribution in [0.1, 0.15) is 37.3 Å². The van der Waals surface area contributed by atoms with E-state index in [0.29, 0.717) is 6.54 Å². The van der Waals surface area contributed by atoms with Crippen molar-refractivity contribution in [3.63, 3.8) is 0 Å². The van der Waals surface area contributed by atoms with Crippen molar-refractivity contribution in [2.45, 2.75) is 39.3 Å². The Morgan fingerprint density at radius 1 is 1.13 bits per heavy atom. The lowest BCUT2D eigenvalue weighted by molar-refractivity contribution is 0.221. The quantitative estimate of drug-likeness (QED) is 0.462. The van der Waals surface area contributed by atoms with Crippen LogP contribution in [0.15, 0.2) is 41.9 Å². The summed E-state index contributed by atoms with van der Waals surface area (Å²) in [6, 6.07) is 8.87. The van der Waals surface area contributed by atoms with Gasteiger partial charge in [-0.2, -0.15) is 0 Å². The molecule has 0 amide bonds. The zero-order chi connectivity index (χ0) is 16.3. The van der Waals surface area contributed by atoms with Crippen molar-refractivity contribution in [1.82, 2.24) is 15.5 Å². The molecule has 1 saturated heterocycles. The largest absolute Gasteiger partial charge is 0.357 e. The van der Waals surface area contributed by atoms with Gasteiger partial charge in [-0.3, -0.25) is 4.90 Å². The smallest absolute Gasteiger partial charge is 0.191 e. The van der Waals surface area contributed by atoms with E-state index < -0.39 is 0 Å². The Labute approximate surface area is 140 Å². The molecule has 1 aliphatic heterocycles. The van der Waals surface area contributed by atoms with E-state index in [1.807, 2.05) is 6.08 Å². The van der Waals surface area contributed by atoms with E-state index in [4.69, 9.17) is 0 Å². The number of nitrogens with zero attached hydrogens (tertiary/aromatic N) is 2. The molecule has 2 rings (SSSR count). The third kappa shape index (κ3) is 6.45. The van der Waals surface area contributed by atoms with Gasteiger partial charge in [-0.05, 0) is 44.0 Å². The summed E-state index contributed by atoms with van der Waals surface area (Å²) < 4.78 is 0. The Balaban J connectivity index is 1.86. The van der Waals surface area contributed by atoms with Gasteiger partial charge < -0.3 is 10.6 Å². The van der Waals surface area contributed by atoms with Crippen molar-refractivity contribution < 1.29 is 0 Å². The summed E-state index contributed by atoms with van der Waals surface area (Å²) in [5.41, 5.74) is 2.64. The van der Waals surface area contributed by atoms with Crippen molar-refractivity contribution in [2.75, 3.05) is 26.2 Å². The van der Waals surface area contributed by atoms with Crippen LogP contribution in [0.25, 0.3) is 0 Å². The minimum atomic E-state index is 0.691. The first kappa shape index (κ1) is 17.5. The van der Waals surface area contributed by atoms with Crippen LogP contribution >= 0.6 is 0 Å². The zero-order valence-electron chi connectivity index (χ0n) is 14.4. The van der Waals surface area contributed by atoms with Gasteiger partial charge >= 0.3 is 0 Å². The van der Waals surface area contributed by atoms with E-state index in [1.54, 1.807) is 0 Å². The van der Waals surface area contributed by atoms with Crippen LogP contribution < -0.4 is 10.6 Å². The summed E-state index contributed by atoms with van der Waals surface area (Å²) in [6.07, 6.45) is 5.92. The fourth-order valence-corrected chi connectivity index (χ4v) is 2.81. The normalized spacial score (nSPS) is 16.1. The SMILES string of the molecule is C=CCNC(=NCc1ccc(CN2CCCCC2)cc1)NCC. The molecule has 4 nitrogen and oxygen atoms in total. The van der Waals surface area contributed by atoms with Crippen LogP contribution in [0.3, 0.4) is 0 Å². The molecular formula is C19H30N4. The van der Waals surface area contributed by atoms with Crippen molar-refractivity contribution in [1.29, 1.82) is 0 Å². The lowest BCUT2D eigenvalue weighted by atomic mass is 10.1. The van der Waals surface area contributed by atoms with Crippen molar-refractivity contribution in [3.05, 3.63) is 48.0 Å². The summed E-state index contributed by atoms with van der Waals surface area (Å²) >= 11 is 0. The number of piperidine rings is 1. The highest BCUT2D eigenvalue weighted by Crippen LogP contribution is 2.13.